The first kappa shape index (κ1) is 22.8. The number of imidazole rings is 1. The molecule has 3 aromatic heterocycles. The highest BCUT2D eigenvalue weighted by Gasteiger charge is 2.21. The predicted molar refractivity (Wildman–Crippen MR) is 109 cm³/mol. The molecule has 0 saturated carbocycles. The third kappa shape index (κ3) is 5.11. The van der Waals surface area contributed by atoms with E-state index in [0.29, 0.717) is 35.5 Å². The second-order valence-electron chi connectivity index (χ2n) is 5.30. The number of aryl methyl sites for hydroxylation is 1. The van der Waals surface area contributed by atoms with Crippen LogP contribution in [0.4, 0.5) is 8.78 Å². The molecule has 0 radical (unpaired) electrons. The summed E-state index contributed by atoms with van der Waals surface area (Å²) in [7, 11) is 8.58. The Morgan fingerprint density at radius 3 is 2.64 bits per heavy atom. The van der Waals surface area contributed by atoms with E-state index >= 15 is 0 Å². The van der Waals surface area contributed by atoms with Crippen LogP contribution in [0.3, 0.4) is 0 Å². The van der Waals surface area contributed by atoms with Gasteiger partial charge in [0, 0.05) is 31.2 Å². The Hall–Kier alpha value is -1.49. The van der Waals surface area contributed by atoms with Crippen LogP contribution in [0.15, 0.2) is 17.2 Å². The average Bonchev–Trinajstić information content (AvgIpc) is 3.32. The Labute approximate surface area is 174 Å². The van der Waals surface area contributed by atoms with Crippen LogP contribution in [-0.4, -0.2) is 39.9 Å². The molecule has 0 spiro atoms. The molecular formula is C17H21ClF2N4O2S2. The molecule has 0 bridgehead atoms. The van der Waals surface area contributed by atoms with Gasteiger partial charge in [0.15, 0.2) is 15.8 Å². The summed E-state index contributed by atoms with van der Waals surface area (Å²) >= 11 is 0.813. The summed E-state index contributed by atoms with van der Waals surface area (Å²) in [5.41, 5.74) is 1.43. The Morgan fingerprint density at radius 1 is 1.29 bits per heavy atom. The van der Waals surface area contributed by atoms with Crippen LogP contribution in [0.2, 0.25) is 0 Å². The van der Waals surface area contributed by atoms with E-state index in [4.69, 9.17) is 20.2 Å². The second kappa shape index (κ2) is 10.9. The molecule has 0 aliphatic carbocycles. The van der Waals surface area contributed by atoms with Crippen molar-refractivity contribution in [2.45, 2.75) is 38.5 Å². The number of pyridine rings is 1. The maximum Gasteiger partial charge on any atom is 0.291 e. The van der Waals surface area contributed by atoms with Crippen LogP contribution >= 0.6 is 33.0 Å². The molecule has 3 rings (SSSR count). The van der Waals surface area contributed by atoms with Crippen molar-refractivity contribution >= 4 is 38.5 Å². The minimum Gasteiger partial charge on any atom is -0.491 e. The number of methoxy groups -OCH3 is 1. The van der Waals surface area contributed by atoms with Crippen molar-refractivity contribution in [1.29, 1.82) is 0 Å². The lowest BCUT2D eigenvalue weighted by Gasteiger charge is -2.10. The lowest BCUT2D eigenvalue weighted by atomic mass is 10.3. The lowest BCUT2D eigenvalue weighted by Crippen LogP contribution is -2.03. The number of halogens is 3. The maximum atomic E-state index is 12.8. The highest BCUT2D eigenvalue weighted by Crippen LogP contribution is 2.36. The van der Waals surface area contributed by atoms with E-state index in [1.807, 2.05) is 26.8 Å². The molecule has 3 aromatic rings. The maximum absolute atomic E-state index is 12.8. The number of hydrogen-bond acceptors (Lipinski definition) is 7. The normalized spacial score (nSPS) is 11.0. The molecule has 28 heavy (non-hydrogen) atoms. The molecule has 0 aliphatic heterocycles. The second-order valence-corrected chi connectivity index (χ2v) is 7.40. The average molecular weight is 451 g/mol. The van der Waals surface area contributed by atoms with Crippen molar-refractivity contribution in [2.75, 3.05) is 20.3 Å². The van der Waals surface area contributed by atoms with Crippen LogP contribution < -0.4 is 4.74 Å². The van der Waals surface area contributed by atoms with Gasteiger partial charge >= 0.3 is 0 Å². The molecule has 6 nitrogen and oxygen atoms in total. The van der Waals surface area contributed by atoms with Gasteiger partial charge in [-0.1, -0.05) is 25.2 Å². The Kier molecular flexibility index (Phi) is 8.87. The molecule has 0 aromatic carbocycles. The van der Waals surface area contributed by atoms with Crippen LogP contribution in [-0.2, 0) is 4.74 Å². The summed E-state index contributed by atoms with van der Waals surface area (Å²) in [4.78, 5) is 5.22. The monoisotopic (exact) mass is 450 g/mol. The fourth-order valence-corrected chi connectivity index (χ4v) is 3.67. The number of hydrogen-bond donors (Lipinski definition) is 0. The molecule has 11 heteroatoms. The van der Waals surface area contributed by atoms with E-state index in [9.17, 15) is 8.78 Å². The standard InChI is InChI=1S/C15H15ClF2N4O2S2.C2H6/c1-8-11-10(24-5-3-4-23-2)6-9(26-16)7-22(11)13(19-8)15-21-20-14(25-15)12(17)18;1-2/h6-7,12H,3-5H2,1-2H3;1-2H3. The van der Waals surface area contributed by atoms with E-state index in [2.05, 4.69) is 15.2 Å². The number of nitrogens with zero attached hydrogens (tertiary/aromatic N) is 4. The van der Waals surface area contributed by atoms with Crippen molar-refractivity contribution in [3.63, 3.8) is 0 Å². The summed E-state index contributed by atoms with van der Waals surface area (Å²) in [6, 6.07) is 1.82. The third-order valence-corrected chi connectivity index (χ3v) is 5.37. The minimum atomic E-state index is -2.66. The first-order valence-corrected chi connectivity index (χ1v) is 11.1. The van der Waals surface area contributed by atoms with Gasteiger partial charge in [-0.2, -0.15) is 0 Å². The van der Waals surface area contributed by atoms with Gasteiger partial charge in [0.25, 0.3) is 6.43 Å². The van der Waals surface area contributed by atoms with E-state index in [0.717, 1.165) is 39.1 Å². The van der Waals surface area contributed by atoms with Gasteiger partial charge in [0.05, 0.1) is 12.3 Å². The zero-order valence-corrected chi connectivity index (χ0v) is 18.3. The van der Waals surface area contributed by atoms with Gasteiger partial charge in [0.2, 0.25) is 0 Å². The molecule has 0 saturated heterocycles. The number of rotatable bonds is 8. The Morgan fingerprint density at radius 2 is 2.04 bits per heavy atom. The highest BCUT2D eigenvalue weighted by molar-refractivity contribution is 8.21. The van der Waals surface area contributed by atoms with Gasteiger partial charge in [-0.25, -0.2) is 13.8 Å². The van der Waals surface area contributed by atoms with Crippen LogP contribution in [0.5, 0.6) is 5.75 Å². The summed E-state index contributed by atoms with van der Waals surface area (Å²) in [5.74, 6) is 1.04. The van der Waals surface area contributed by atoms with Gasteiger partial charge in [0.1, 0.15) is 11.3 Å². The molecule has 154 valence electrons. The molecular weight excluding hydrogens is 430 g/mol. The first-order chi connectivity index (χ1) is 13.5. The van der Waals surface area contributed by atoms with E-state index < -0.39 is 6.43 Å². The largest absolute Gasteiger partial charge is 0.491 e. The van der Waals surface area contributed by atoms with Crippen molar-refractivity contribution < 1.29 is 18.3 Å². The van der Waals surface area contributed by atoms with Crippen molar-refractivity contribution in [3.8, 4) is 16.6 Å². The fraction of sp³-hybridized carbons (Fsp3) is 0.471. The predicted octanol–water partition coefficient (Wildman–Crippen LogP) is 5.79. The van der Waals surface area contributed by atoms with E-state index in [-0.39, 0.29) is 5.01 Å². The first-order valence-electron chi connectivity index (χ1n) is 8.60. The van der Waals surface area contributed by atoms with E-state index in [1.165, 1.54) is 0 Å². The number of aromatic nitrogens is 4. The molecule has 0 unspecified atom stereocenters. The topological polar surface area (TPSA) is 61.5 Å². The quantitative estimate of drug-likeness (QED) is 0.405. The van der Waals surface area contributed by atoms with Crippen molar-refractivity contribution in [3.05, 3.63) is 23.0 Å². The minimum absolute atomic E-state index is 0.311. The van der Waals surface area contributed by atoms with Crippen molar-refractivity contribution in [2.24, 2.45) is 0 Å². The molecule has 0 atom stereocenters. The molecule has 0 fully saturated rings. The zero-order chi connectivity index (χ0) is 20.7. The Bertz CT molecular complexity index is 905. The van der Waals surface area contributed by atoms with Crippen molar-refractivity contribution in [1.82, 2.24) is 19.6 Å². The molecule has 0 aliphatic rings. The fourth-order valence-electron chi connectivity index (χ4n) is 2.43. The highest BCUT2D eigenvalue weighted by atomic mass is 35.7. The summed E-state index contributed by atoms with van der Waals surface area (Å²) in [6.45, 7) is 6.88. The SMILES string of the molecule is CC.COCCCOc1cc(SCl)cn2c(-c3nnc(C(F)F)s3)nc(C)c12. The smallest absolute Gasteiger partial charge is 0.291 e. The van der Waals surface area contributed by atoms with Gasteiger partial charge in [-0.05, 0) is 34.6 Å². The van der Waals surface area contributed by atoms with Crippen LogP contribution in [0.25, 0.3) is 16.3 Å². The van der Waals surface area contributed by atoms with Gasteiger partial charge < -0.3 is 9.47 Å². The number of alkyl halides is 2. The van der Waals surface area contributed by atoms with Gasteiger partial charge in [-0.3, -0.25) is 4.40 Å². The Balaban J connectivity index is 0.00000136. The molecule has 0 N–H and O–H groups in total. The summed E-state index contributed by atoms with van der Waals surface area (Å²) < 4.78 is 38.3. The van der Waals surface area contributed by atoms with Gasteiger partial charge in [-0.15, -0.1) is 10.2 Å². The molecule has 3 heterocycles. The lowest BCUT2D eigenvalue weighted by molar-refractivity contribution is 0.150. The number of ether oxygens (including phenoxy) is 2. The molecule has 0 amide bonds. The van der Waals surface area contributed by atoms with E-state index in [1.54, 1.807) is 17.7 Å². The van der Waals surface area contributed by atoms with Crippen LogP contribution in [0.1, 0.15) is 37.4 Å². The summed E-state index contributed by atoms with van der Waals surface area (Å²) in [6.07, 6.45) is -0.162. The number of fused-ring (bicyclic) bond motifs is 1. The third-order valence-electron chi connectivity index (χ3n) is 3.51. The zero-order valence-electron chi connectivity index (χ0n) is 15.9. The summed E-state index contributed by atoms with van der Waals surface area (Å²) in [5, 5.41) is 7.35. The van der Waals surface area contributed by atoms with Crippen LogP contribution in [0, 0.1) is 6.92 Å².